The normalized spacial score (nSPS) is 15.8. The number of hydrogen-bond donors (Lipinski definition) is 1. The van der Waals surface area contributed by atoms with Gasteiger partial charge in [0.2, 0.25) is 0 Å². The van der Waals surface area contributed by atoms with E-state index in [1.54, 1.807) is 0 Å². The molecule has 0 amide bonds. The molecule has 2 aromatic carbocycles. The van der Waals surface area contributed by atoms with Gasteiger partial charge in [-0.2, -0.15) is 0 Å². The summed E-state index contributed by atoms with van der Waals surface area (Å²) in [7, 11) is 1.97. The molecule has 0 saturated heterocycles. The average molecular weight is 406 g/mol. The third-order valence-corrected chi connectivity index (χ3v) is 6.86. The molecule has 0 bridgehead atoms. The van der Waals surface area contributed by atoms with Crippen molar-refractivity contribution in [3.05, 3.63) is 70.2 Å². The Morgan fingerprint density at radius 2 is 2.00 bits per heavy atom. The van der Waals surface area contributed by atoms with E-state index in [-0.39, 0.29) is 0 Å². The van der Waals surface area contributed by atoms with Crippen LogP contribution in [0.1, 0.15) is 34.4 Å². The lowest BCUT2D eigenvalue weighted by atomic mass is 9.99. The first kappa shape index (κ1) is 18.5. The van der Waals surface area contributed by atoms with Crippen LogP contribution in [-0.4, -0.2) is 25.2 Å². The summed E-state index contributed by atoms with van der Waals surface area (Å²) in [5.74, 6) is 1.77. The summed E-state index contributed by atoms with van der Waals surface area (Å²) in [4.78, 5) is 8.44. The molecule has 1 N–H and O–H groups in total. The lowest BCUT2D eigenvalue weighted by Gasteiger charge is -2.28. The van der Waals surface area contributed by atoms with Gasteiger partial charge in [-0.15, -0.1) is 11.3 Å². The first-order valence-electron chi connectivity index (χ1n) is 10.5. The van der Waals surface area contributed by atoms with Crippen LogP contribution in [0.25, 0.3) is 0 Å². The number of nitrogens with zero attached hydrogens (tertiary/aromatic N) is 2. The van der Waals surface area contributed by atoms with E-state index in [0.29, 0.717) is 0 Å². The van der Waals surface area contributed by atoms with E-state index in [0.717, 1.165) is 49.3 Å². The smallest absolute Gasteiger partial charge is 0.185 e. The maximum atomic E-state index is 5.84. The van der Waals surface area contributed by atoms with Gasteiger partial charge in [0.15, 0.2) is 5.13 Å². The zero-order chi connectivity index (χ0) is 19.6. The molecule has 4 nitrogen and oxygen atoms in total. The fraction of sp³-hybridized carbons (Fsp3) is 0.375. The van der Waals surface area contributed by atoms with E-state index in [9.17, 15) is 0 Å². The van der Waals surface area contributed by atoms with Gasteiger partial charge in [-0.05, 0) is 66.1 Å². The summed E-state index contributed by atoms with van der Waals surface area (Å²) in [5.41, 5.74) is 5.35. The van der Waals surface area contributed by atoms with Gasteiger partial charge in [-0.3, -0.25) is 0 Å². The molecule has 0 radical (unpaired) electrons. The Hall–Kier alpha value is -2.53. The molecule has 0 unspecified atom stereocenters. The number of anilines is 2. The van der Waals surface area contributed by atoms with Gasteiger partial charge >= 0.3 is 0 Å². The van der Waals surface area contributed by atoms with Crippen LogP contribution in [0.3, 0.4) is 0 Å². The zero-order valence-corrected chi connectivity index (χ0v) is 17.7. The van der Waals surface area contributed by atoms with E-state index >= 15 is 0 Å². The number of aromatic nitrogens is 1. The highest BCUT2D eigenvalue weighted by Gasteiger charge is 2.22. The Morgan fingerprint density at radius 3 is 2.79 bits per heavy atom. The van der Waals surface area contributed by atoms with Crippen LogP contribution in [0.2, 0.25) is 0 Å². The molecule has 2 heterocycles. The minimum absolute atomic E-state index is 0.789. The third kappa shape index (κ3) is 4.40. The highest BCUT2D eigenvalue weighted by Crippen LogP contribution is 2.31. The van der Waals surface area contributed by atoms with Crippen molar-refractivity contribution in [2.75, 3.05) is 30.4 Å². The van der Waals surface area contributed by atoms with Gasteiger partial charge in [0.1, 0.15) is 5.75 Å². The highest BCUT2D eigenvalue weighted by molar-refractivity contribution is 7.15. The molecule has 5 rings (SSSR count). The van der Waals surface area contributed by atoms with Crippen molar-refractivity contribution in [2.45, 2.75) is 32.2 Å². The van der Waals surface area contributed by atoms with Crippen LogP contribution in [0, 0.1) is 5.92 Å². The fourth-order valence-corrected chi connectivity index (χ4v) is 4.77. The summed E-state index contributed by atoms with van der Waals surface area (Å²) < 4.78 is 5.84. The van der Waals surface area contributed by atoms with Crippen LogP contribution in [0.5, 0.6) is 5.75 Å². The van der Waals surface area contributed by atoms with Crippen LogP contribution in [-0.2, 0) is 19.4 Å². The molecule has 0 atom stereocenters. The Kier molecular flexibility index (Phi) is 5.15. The molecule has 0 spiro atoms. The van der Waals surface area contributed by atoms with Gasteiger partial charge in [-0.25, -0.2) is 4.98 Å². The number of rotatable bonds is 7. The van der Waals surface area contributed by atoms with Crippen molar-refractivity contribution in [1.29, 1.82) is 0 Å². The monoisotopic (exact) mass is 405 g/mol. The molecule has 150 valence electrons. The summed E-state index contributed by atoms with van der Waals surface area (Å²) in [6.45, 7) is 2.84. The topological polar surface area (TPSA) is 37.4 Å². The Labute approximate surface area is 176 Å². The molecule has 3 aromatic rings. The molecule has 1 aliphatic carbocycles. The largest absolute Gasteiger partial charge is 0.493 e. The molecule has 2 aliphatic rings. The summed E-state index contributed by atoms with van der Waals surface area (Å²) in [6, 6.07) is 15.2. The number of fused-ring (bicyclic) bond motifs is 1. The van der Waals surface area contributed by atoms with Gasteiger partial charge in [0.05, 0.1) is 6.61 Å². The third-order valence-electron chi connectivity index (χ3n) is 5.80. The van der Waals surface area contributed by atoms with Gasteiger partial charge in [-0.1, -0.05) is 18.2 Å². The number of thiazole rings is 1. The molecule has 29 heavy (non-hydrogen) atoms. The van der Waals surface area contributed by atoms with E-state index in [4.69, 9.17) is 9.72 Å². The molecule has 5 heteroatoms. The van der Waals surface area contributed by atoms with Crippen LogP contribution < -0.4 is 15.0 Å². The van der Waals surface area contributed by atoms with Gasteiger partial charge in [0, 0.05) is 43.3 Å². The maximum absolute atomic E-state index is 5.84. The molecule has 1 fully saturated rings. The Bertz CT molecular complexity index is 978. The summed E-state index contributed by atoms with van der Waals surface area (Å²) in [5, 5.41) is 4.37. The predicted molar refractivity (Wildman–Crippen MR) is 120 cm³/mol. The van der Waals surface area contributed by atoms with E-state index in [1.807, 2.05) is 24.6 Å². The number of nitrogens with one attached hydrogen (secondary N) is 1. The second-order valence-corrected chi connectivity index (χ2v) is 9.18. The molecule has 1 aliphatic heterocycles. The van der Waals surface area contributed by atoms with Crippen molar-refractivity contribution in [2.24, 2.45) is 5.92 Å². The van der Waals surface area contributed by atoms with Gasteiger partial charge in [0.25, 0.3) is 0 Å². The molecule has 1 saturated carbocycles. The quantitative estimate of drug-likeness (QED) is 0.591. The van der Waals surface area contributed by atoms with Crippen LogP contribution in [0.15, 0.2) is 48.7 Å². The van der Waals surface area contributed by atoms with Crippen molar-refractivity contribution >= 4 is 22.2 Å². The minimum Gasteiger partial charge on any atom is -0.493 e. The minimum atomic E-state index is 0.789. The second-order valence-electron chi connectivity index (χ2n) is 8.09. The second kappa shape index (κ2) is 8.07. The average Bonchev–Trinajstić information content (AvgIpc) is 3.49. The number of hydrogen-bond acceptors (Lipinski definition) is 5. The van der Waals surface area contributed by atoms with Crippen molar-refractivity contribution in [3.63, 3.8) is 0 Å². The molecular formula is C24H27N3OS. The first-order valence-corrected chi connectivity index (χ1v) is 11.3. The molecule has 1 aromatic heterocycles. The molecular weight excluding hydrogens is 378 g/mol. The Balaban J connectivity index is 1.22. The first-order chi connectivity index (χ1) is 14.3. The standard InChI is InChI=1S/C24H27N3OS/c1-25-21-7-6-19-10-11-27(15-20(19)13-21)24-26-14-23(29-24)12-17-4-8-22(9-5-17)28-16-18-2-3-18/h4-9,13-14,18,25H,2-3,10-12,15-16H2,1H3. The maximum Gasteiger partial charge on any atom is 0.185 e. The van der Waals surface area contributed by atoms with Crippen molar-refractivity contribution in [1.82, 2.24) is 4.98 Å². The SMILES string of the molecule is CNc1ccc2c(c1)CN(c1ncc(Cc3ccc(OCC4CC4)cc3)s1)CC2. The fourth-order valence-electron chi connectivity index (χ4n) is 3.80. The number of benzene rings is 2. The number of ether oxygens (including phenoxy) is 1. The highest BCUT2D eigenvalue weighted by atomic mass is 32.1. The summed E-state index contributed by atoms with van der Waals surface area (Å²) in [6.07, 6.45) is 6.69. The van der Waals surface area contributed by atoms with Crippen molar-refractivity contribution in [3.8, 4) is 5.75 Å². The Morgan fingerprint density at radius 1 is 1.14 bits per heavy atom. The van der Waals surface area contributed by atoms with Crippen molar-refractivity contribution < 1.29 is 4.74 Å². The lowest BCUT2D eigenvalue weighted by Crippen LogP contribution is -2.30. The van der Waals surface area contributed by atoms with E-state index in [1.165, 1.54) is 40.1 Å². The van der Waals surface area contributed by atoms with Crippen LogP contribution in [0.4, 0.5) is 10.8 Å². The van der Waals surface area contributed by atoms with Gasteiger partial charge < -0.3 is 15.0 Å². The summed E-state index contributed by atoms with van der Waals surface area (Å²) >= 11 is 1.81. The van der Waals surface area contributed by atoms with Crippen LogP contribution >= 0.6 is 11.3 Å². The predicted octanol–water partition coefficient (Wildman–Crippen LogP) is 5.13. The van der Waals surface area contributed by atoms with E-state index in [2.05, 4.69) is 52.7 Å². The lowest BCUT2D eigenvalue weighted by molar-refractivity contribution is 0.299. The zero-order valence-electron chi connectivity index (χ0n) is 16.9. The van der Waals surface area contributed by atoms with E-state index < -0.39 is 0 Å².